The zero-order chi connectivity index (χ0) is 34.2. The van der Waals surface area contributed by atoms with Gasteiger partial charge in [0.1, 0.15) is 10.8 Å². The van der Waals surface area contributed by atoms with Crippen molar-refractivity contribution in [1.29, 1.82) is 0 Å². The van der Waals surface area contributed by atoms with Crippen LogP contribution in [0.15, 0.2) is 89.6 Å². The molecule has 10 heteroatoms. The minimum Gasteiger partial charge on any atom is -0.346 e. The minimum absolute atomic E-state index is 0.0282. The largest absolute Gasteiger partial charge is 0.412 e. The second-order valence-corrected chi connectivity index (χ2v) is 12.0. The Labute approximate surface area is 267 Å². The zero-order valence-corrected chi connectivity index (χ0v) is 27.4. The topological polar surface area (TPSA) is 36.4 Å². The van der Waals surface area contributed by atoms with Crippen LogP contribution in [0.1, 0.15) is 62.8 Å². The van der Waals surface area contributed by atoms with E-state index in [1.165, 1.54) is 12.1 Å². The molecule has 2 aromatic rings. The molecule has 1 atom stereocenters. The van der Waals surface area contributed by atoms with E-state index < -0.39 is 28.7 Å². The number of rotatable bonds is 14. The lowest BCUT2D eigenvalue weighted by atomic mass is 9.77. The van der Waals surface area contributed by atoms with E-state index in [-0.39, 0.29) is 27.8 Å². The van der Waals surface area contributed by atoms with E-state index in [1.807, 2.05) is 20.0 Å². The molecule has 3 nitrogen and oxygen atoms in total. The van der Waals surface area contributed by atoms with Crippen molar-refractivity contribution in [2.24, 2.45) is 10.4 Å². The maximum Gasteiger partial charge on any atom is 0.412 e. The summed E-state index contributed by atoms with van der Waals surface area (Å²) in [5, 5.41) is 6.16. The van der Waals surface area contributed by atoms with E-state index in [0.29, 0.717) is 42.0 Å². The third-order valence-electron chi connectivity index (χ3n) is 7.32. The maximum atomic E-state index is 15.1. The molecule has 0 saturated carbocycles. The first-order chi connectivity index (χ1) is 20.8. The van der Waals surface area contributed by atoms with Gasteiger partial charge in [-0.05, 0) is 93.9 Å². The molecule has 0 saturated heterocycles. The molecule has 45 heavy (non-hydrogen) atoms. The standard InChI is InChI=1S/C35H41F6N3S/c1-9-43-30(18-24(5)35(39,40)41)27-19-26(34(7,37)38)14-15-29(27)44-32(45)28(22(2)3)21-33(6,16-11-17-42-8)20-25-13-10-12-23(4)31(25)36/h9-10,12-15,18-19,21,42H,1-2,11,16-17,20H2,3-8H3,(H,44,45)/b24-18+,28-21+,43-30+. The van der Waals surface area contributed by atoms with Crippen LogP contribution in [0.3, 0.4) is 0 Å². The van der Waals surface area contributed by atoms with Crippen LogP contribution < -0.4 is 10.6 Å². The first-order valence-corrected chi connectivity index (χ1v) is 14.8. The summed E-state index contributed by atoms with van der Waals surface area (Å²) >= 11 is 5.78. The fourth-order valence-corrected chi connectivity index (χ4v) is 5.13. The Bertz CT molecular complexity index is 1500. The average molecular weight is 650 g/mol. The number of alkyl halides is 5. The van der Waals surface area contributed by atoms with Gasteiger partial charge >= 0.3 is 6.18 Å². The third kappa shape index (κ3) is 10.8. The van der Waals surface area contributed by atoms with Crippen LogP contribution in [0.4, 0.5) is 32.0 Å². The van der Waals surface area contributed by atoms with Crippen LogP contribution in [0, 0.1) is 18.2 Å². The van der Waals surface area contributed by atoms with Crippen LogP contribution in [0.5, 0.6) is 0 Å². The molecular formula is C35H41F6N3S. The molecule has 0 spiro atoms. The molecule has 1 unspecified atom stereocenters. The van der Waals surface area contributed by atoms with Crippen molar-refractivity contribution >= 4 is 28.6 Å². The maximum absolute atomic E-state index is 15.1. The molecule has 2 rings (SSSR count). The van der Waals surface area contributed by atoms with Crippen LogP contribution >= 0.6 is 12.2 Å². The van der Waals surface area contributed by atoms with Crippen molar-refractivity contribution in [3.63, 3.8) is 0 Å². The highest BCUT2D eigenvalue weighted by Crippen LogP contribution is 2.36. The summed E-state index contributed by atoms with van der Waals surface area (Å²) in [6.45, 7) is 15.3. The Morgan fingerprint density at radius 3 is 2.29 bits per heavy atom. The van der Waals surface area contributed by atoms with Gasteiger partial charge in [-0.15, -0.1) is 0 Å². The lowest BCUT2D eigenvalue weighted by Crippen LogP contribution is -2.24. The molecular weight excluding hydrogens is 608 g/mol. The van der Waals surface area contributed by atoms with Crippen molar-refractivity contribution < 1.29 is 26.3 Å². The molecule has 0 aliphatic rings. The van der Waals surface area contributed by atoms with E-state index in [0.717, 1.165) is 38.2 Å². The normalized spacial score (nSPS) is 14.6. The lowest BCUT2D eigenvalue weighted by molar-refractivity contribution is -0.0912. The predicted molar refractivity (Wildman–Crippen MR) is 178 cm³/mol. The van der Waals surface area contributed by atoms with Gasteiger partial charge in [-0.25, -0.2) is 13.2 Å². The summed E-state index contributed by atoms with van der Waals surface area (Å²) in [4.78, 5) is 4.15. The Hall–Kier alpha value is -3.50. The molecule has 0 bridgehead atoms. The Kier molecular flexibility index (Phi) is 13.1. The highest BCUT2D eigenvalue weighted by Gasteiger charge is 2.32. The van der Waals surface area contributed by atoms with Gasteiger partial charge < -0.3 is 10.6 Å². The molecule has 0 aliphatic heterocycles. The first kappa shape index (κ1) is 37.7. The van der Waals surface area contributed by atoms with Crippen LogP contribution in [0.25, 0.3) is 0 Å². The van der Waals surface area contributed by atoms with E-state index >= 15 is 4.39 Å². The first-order valence-electron chi connectivity index (χ1n) is 14.4. The molecule has 2 aromatic carbocycles. The highest BCUT2D eigenvalue weighted by atomic mass is 32.1. The van der Waals surface area contributed by atoms with Gasteiger partial charge in [0.15, 0.2) is 0 Å². The van der Waals surface area contributed by atoms with Crippen molar-refractivity contribution in [2.45, 2.75) is 66.0 Å². The lowest BCUT2D eigenvalue weighted by Gasteiger charge is -2.29. The Morgan fingerprint density at radius 1 is 1.07 bits per heavy atom. The van der Waals surface area contributed by atoms with Crippen molar-refractivity contribution in [2.75, 3.05) is 18.9 Å². The quantitative estimate of drug-likeness (QED) is 0.0534. The van der Waals surface area contributed by atoms with Crippen molar-refractivity contribution in [1.82, 2.24) is 5.32 Å². The number of anilines is 1. The predicted octanol–water partition coefficient (Wildman–Crippen LogP) is 10.2. The summed E-state index contributed by atoms with van der Waals surface area (Å²) in [6, 6.07) is 8.84. The summed E-state index contributed by atoms with van der Waals surface area (Å²) in [5.74, 6) is -3.56. The fraction of sp³-hybridized carbons (Fsp3) is 0.371. The number of nitrogens with zero attached hydrogens (tertiary/aromatic N) is 1. The van der Waals surface area contributed by atoms with Crippen molar-refractivity contribution in [3.8, 4) is 0 Å². The van der Waals surface area contributed by atoms with Gasteiger partial charge in [0, 0.05) is 41.1 Å². The summed E-state index contributed by atoms with van der Waals surface area (Å²) in [5.41, 5.74) is 0.126. The van der Waals surface area contributed by atoms with Gasteiger partial charge in [0.2, 0.25) is 0 Å². The van der Waals surface area contributed by atoms with Crippen LogP contribution in [-0.4, -0.2) is 30.5 Å². The average Bonchev–Trinajstić information content (AvgIpc) is 2.93. The summed E-state index contributed by atoms with van der Waals surface area (Å²) < 4.78 is 84.2. The number of thiocarbonyl (C=S) groups is 1. The SMILES string of the molecule is C=C/N=C(\C=C(/C)C(F)(F)F)c1cc(C(C)(F)F)ccc1NC(=S)/C(=C/C(C)(CCCNC)Cc1cccc(C)c1F)C(=C)C. The van der Waals surface area contributed by atoms with Crippen LogP contribution in [-0.2, 0) is 12.3 Å². The molecule has 244 valence electrons. The van der Waals surface area contributed by atoms with Gasteiger partial charge in [-0.1, -0.05) is 62.6 Å². The monoisotopic (exact) mass is 649 g/mol. The molecule has 0 amide bonds. The zero-order valence-electron chi connectivity index (χ0n) is 26.6. The molecule has 0 fully saturated rings. The van der Waals surface area contributed by atoms with E-state index in [2.05, 4.69) is 28.8 Å². The minimum atomic E-state index is -4.67. The second-order valence-electron chi connectivity index (χ2n) is 11.5. The summed E-state index contributed by atoms with van der Waals surface area (Å²) in [7, 11) is 1.85. The molecule has 0 aliphatic carbocycles. The number of aryl methyl sites for hydroxylation is 1. The second kappa shape index (κ2) is 15.7. The van der Waals surface area contributed by atoms with Gasteiger partial charge in [-0.2, -0.15) is 13.2 Å². The number of hydrogen-bond donors (Lipinski definition) is 2. The number of hydrogen-bond acceptors (Lipinski definition) is 3. The number of allylic oxidation sites excluding steroid dienone is 3. The highest BCUT2D eigenvalue weighted by molar-refractivity contribution is 7.81. The molecule has 0 heterocycles. The number of halogens is 6. The van der Waals surface area contributed by atoms with Gasteiger partial charge in [-0.3, -0.25) is 4.99 Å². The van der Waals surface area contributed by atoms with Gasteiger partial charge in [0.05, 0.1) is 5.71 Å². The number of benzene rings is 2. The molecule has 0 aromatic heterocycles. The van der Waals surface area contributed by atoms with Crippen LogP contribution in [0.2, 0.25) is 0 Å². The van der Waals surface area contributed by atoms with E-state index in [9.17, 15) is 22.0 Å². The smallest absolute Gasteiger partial charge is 0.346 e. The Balaban J connectivity index is 2.69. The fourth-order valence-electron chi connectivity index (χ4n) is 4.79. The van der Waals surface area contributed by atoms with E-state index in [4.69, 9.17) is 12.2 Å². The number of aliphatic imine (C=N–C) groups is 1. The molecule has 0 radical (unpaired) electrons. The third-order valence-corrected chi connectivity index (χ3v) is 7.64. The summed E-state index contributed by atoms with van der Waals surface area (Å²) in [6.07, 6.45) is 0.896. The Morgan fingerprint density at radius 2 is 1.73 bits per heavy atom. The number of nitrogens with one attached hydrogen (secondary N) is 2. The van der Waals surface area contributed by atoms with Gasteiger partial charge in [0.25, 0.3) is 5.92 Å². The molecule has 2 N–H and O–H groups in total. The van der Waals surface area contributed by atoms with E-state index in [1.54, 1.807) is 32.0 Å². The van der Waals surface area contributed by atoms with Crippen molar-refractivity contribution in [3.05, 3.63) is 113 Å².